The van der Waals surface area contributed by atoms with Gasteiger partial charge >= 0.3 is 12.1 Å². The van der Waals surface area contributed by atoms with E-state index in [1.54, 1.807) is 0 Å². The fourth-order valence-electron chi connectivity index (χ4n) is 1.44. The molecule has 0 aliphatic rings. The molecule has 0 amide bonds. The summed E-state index contributed by atoms with van der Waals surface area (Å²) in [5.74, 6) is -2.80. The van der Waals surface area contributed by atoms with Gasteiger partial charge in [0, 0.05) is 11.6 Å². The van der Waals surface area contributed by atoms with Gasteiger partial charge in [-0.15, -0.1) is 0 Å². The Morgan fingerprint density at radius 2 is 1.94 bits per heavy atom. The summed E-state index contributed by atoms with van der Waals surface area (Å²) in [7, 11) is 0. The largest absolute Gasteiger partial charge is 0.472 e. The Morgan fingerprint density at radius 1 is 1.29 bits per heavy atom. The number of benzene rings is 1. The van der Waals surface area contributed by atoms with Gasteiger partial charge in [-0.05, 0) is 18.2 Å². The molecular weight excluding hydrogens is 262 g/mol. The van der Waals surface area contributed by atoms with Crippen LogP contribution >= 0.6 is 11.6 Å². The number of carbonyl (C=O) groups excluding carboxylic acids is 1. The first-order chi connectivity index (χ1) is 7.80. The van der Waals surface area contributed by atoms with Crippen LogP contribution in [0.1, 0.15) is 4.79 Å². The van der Waals surface area contributed by atoms with Gasteiger partial charge in [0.25, 0.3) is 0 Å². The van der Waals surface area contributed by atoms with E-state index in [1.807, 2.05) is 0 Å². The van der Waals surface area contributed by atoms with Crippen molar-refractivity contribution in [2.24, 2.45) is 0 Å². The number of halogens is 5. The fraction of sp³-hybridized carbons (Fsp3) is 0.100. The minimum absolute atomic E-state index is 0.0845. The van der Waals surface area contributed by atoms with Gasteiger partial charge in [0.05, 0.1) is 10.5 Å². The van der Waals surface area contributed by atoms with Crippen LogP contribution in [-0.2, 0) is 0 Å². The van der Waals surface area contributed by atoms with Crippen molar-refractivity contribution in [2.45, 2.75) is 6.18 Å². The Labute approximate surface area is 97.4 Å². The average Bonchev–Trinajstić information content (AvgIpc) is 2.59. The number of aromatic nitrogens is 1. The monoisotopic (exact) mass is 265 g/mol. The number of rotatable bonds is 0. The Kier molecular flexibility index (Phi) is 2.61. The van der Waals surface area contributed by atoms with E-state index in [0.717, 1.165) is 18.3 Å². The van der Waals surface area contributed by atoms with E-state index in [0.29, 0.717) is 4.57 Å². The molecular formula is C10H4ClF4NO. The Bertz CT molecular complexity index is 602. The zero-order valence-corrected chi connectivity index (χ0v) is 8.81. The number of hydrogen-bond acceptors (Lipinski definition) is 1. The lowest BCUT2D eigenvalue weighted by Gasteiger charge is -2.07. The third-order valence-electron chi connectivity index (χ3n) is 2.19. The van der Waals surface area contributed by atoms with Crippen molar-refractivity contribution in [3.05, 3.63) is 35.2 Å². The summed E-state index contributed by atoms with van der Waals surface area (Å²) in [5, 5.41) is -0.170. The lowest BCUT2D eigenvalue weighted by atomic mass is 10.2. The van der Waals surface area contributed by atoms with Gasteiger partial charge in [-0.1, -0.05) is 11.6 Å². The maximum atomic E-state index is 13.0. The first-order valence-electron chi connectivity index (χ1n) is 4.38. The molecule has 0 bridgehead atoms. The molecule has 90 valence electrons. The summed E-state index contributed by atoms with van der Waals surface area (Å²) >= 11 is 5.45. The third-order valence-corrected chi connectivity index (χ3v) is 2.48. The molecule has 0 aliphatic heterocycles. The molecule has 1 aromatic heterocycles. The van der Waals surface area contributed by atoms with E-state index in [-0.39, 0.29) is 15.9 Å². The molecule has 17 heavy (non-hydrogen) atoms. The predicted octanol–water partition coefficient (Wildman–Crippen LogP) is 3.64. The van der Waals surface area contributed by atoms with Gasteiger partial charge in [-0.3, -0.25) is 9.36 Å². The Hall–Kier alpha value is -1.56. The van der Waals surface area contributed by atoms with Crippen LogP contribution in [0.5, 0.6) is 0 Å². The maximum Gasteiger partial charge on any atom is 0.472 e. The second-order valence-corrected chi connectivity index (χ2v) is 3.72. The van der Waals surface area contributed by atoms with Gasteiger partial charge in [-0.25, -0.2) is 4.39 Å². The van der Waals surface area contributed by atoms with Crippen LogP contribution in [0.25, 0.3) is 10.9 Å². The maximum absolute atomic E-state index is 13.0. The number of hydrogen-bond donors (Lipinski definition) is 0. The van der Waals surface area contributed by atoms with Crippen LogP contribution in [-0.4, -0.2) is 16.7 Å². The van der Waals surface area contributed by atoms with Crippen LogP contribution in [0.15, 0.2) is 24.4 Å². The SMILES string of the molecule is O=C(n1ccc2cc(F)c(Cl)cc21)C(F)(F)F. The molecule has 0 atom stereocenters. The molecule has 1 heterocycles. The highest BCUT2D eigenvalue weighted by molar-refractivity contribution is 6.31. The molecule has 0 N–H and O–H groups in total. The molecule has 0 spiro atoms. The van der Waals surface area contributed by atoms with Crippen LogP contribution in [0.2, 0.25) is 5.02 Å². The second-order valence-electron chi connectivity index (χ2n) is 3.31. The van der Waals surface area contributed by atoms with E-state index in [1.165, 1.54) is 6.07 Å². The van der Waals surface area contributed by atoms with Crippen molar-refractivity contribution in [1.29, 1.82) is 0 Å². The van der Waals surface area contributed by atoms with Gasteiger partial charge in [-0.2, -0.15) is 13.2 Å². The molecule has 1 aromatic carbocycles. The number of alkyl halides is 3. The fourth-order valence-corrected chi connectivity index (χ4v) is 1.60. The van der Waals surface area contributed by atoms with E-state index >= 15 is 0 Å². The van der Waals surface area contributed by atoms with Crippen LogP contribution in [0, 0.1) is 5.82 Å². The van der Waals surface area contributed by atoms with Crippen molar-refractivity contribution in [2.75, 3.05) is 0 Å². The molecule has 0 fully saturated rings. The van der Waals surface area contributed by atoms with E-state index in [4.69, 9.17) is 11.6 Å². The van der Waals surface area contributed by atoms with E-state index < -0.39 is 17.9 Å². The third kappa shape index (κ3) is 2.00. The van der Waals surface area contributed by atoms with Crippen molar-refractivity contribution >= 4 is 28.4 Å². The molecule has 2 aromatic rings. The smallest absolute Gasteiger partial charge is 0.279 e. The average molecular weight is 266 g/mol. The van der Waals surface area contributed by atoms with Gasteiger partial charge in [0.15, 0.2) is 0 Å². The highest BCUT2D eigenvalue weighted by Crippen LogP contribution is 2.26. The molecule has 2 rings (SSSR count). The van der Waals surface area contributed by atoms with Crippen molar-refractivity contribution in [3.63, 3.8) is 0 Å². The quantitative estimate of drug-likeness (QED) is 0.667. The Balaban J connectivity index is 2.65. The summed E-state index contributed by atoms with van der Waals surface area (Å²) < 4.78 is 50.2. The summed E-state index contributed by atoms with van der Waals surface area (Å²) in [6.07, 6.45) is -4.07. The first kappa shape index (κ1) is 11.9. The minimum atomic E-state index is -4.99. The predicted molar refractivity (Wildman–Crippen MR) is 53.6 cm³/mol. The lowest BCUT2D eigenvalue weighted by Crippen LogP contribution is -2.28. The Morgan fingerprint density at radius 3 is 2.53 bits per heavy atom. The molecule has 2 nitrogen and oxygen atoms in total. The zero-order valence-electron chi connectivity index (χ0n) is 8.05. The lowest BCUT2D eigenvalue weighted by molar-refractivity contribution is -0.0942. The van der Waals surface area contributed by atoms with E-state index in [9.17, 15) is 22.4 Å². The summed E-state index contributed by atoms with van der Waals surface area (Å²) in [4.78, 5) is 11.0. The molecule has 0 radical (unpaired) electrons. The minimum Gasteiger partial charge on any atom is -0.279 e. The molecule has 0 saturated heterocycles. The number of fused-ring (bicyclic) bond motifs is 1. The van der Waals surface area contributed by atoms with Gasteiger partial charge < -0.3 is 0 Å². The van der Waals surface area contributed by atoms with E-state index in [2.05, 4.69) is 0 Å². The topological polar surface area (TPSA) is 22.0 Å². The highest BCUT2D eigenvalue weighted by Gasteiger charge is 2.40. The molecule has 0 aliphatic carbocycles. The number of nitrogens with zero attached hydrogens (tertiary/aromatic N) is 1. The van der Waals surface area contributed by atoms with Gasteiger partial charge in [0.2, 0.25) is 0 Å². The molecule has 0 unspecified atom stereocenters. The normalized spacial score (nSPS) is 12.1. The van der Waals surface area contributed by atoms with Crippen molar-refractivity contribution in [3.8, 4) is 0 Å². The van der Waals surface area contributed by atoms with Crippen LogP contribution < -0.4 is 0 Å². The number of carbonyl (C=O) groups is 1. The second kappa shape index (κ2) is 3.73. The summed E-state index contributed by atoms with van der Waals surface area (Å²) in [6.45, 7) is 0. The van der Waals surface area contributed by atoms with Crippen LogP contribution in [0.4, 0.5) is 17.6 Å². The molecule has 0 saturated carbocycles. The van der Waals surface area contributed by atoms with Gasteiger partial charge in [0.1, 0.15) is 5.82 Å². The summed E-state index contributed by atoms with van der Waals surface area (Å²) in [5.41, 5.74) is -0.0845. The van der Waals surface area contributed by atoms with Crippen LogP contribution in [0.3, 0.4) is 0 Å². The zero-order chi connectivity index (χ0) is 12.8. The summed E-state index contributed by atoms with van der Waals surface area (Å²) in [6, 6.07) is 3.16. The highest BCUT2D eigenvalue weighted by atomic mass is 35.5. The molecule has 7 heteroatoms. The van der Waals surface area contributed by atoms with Crippen molar-refractivity contribution < 1.29 is 22.4 Å². The first-order valence-corrected chi connectivity index (χ1v) is 4.76. The van der Waals surface area contributed by atoms with Crippen molar-refractivity contribution in [1.82, 2.24) is 4.57 Å². The standard InChI is InChI=1S/C10H4ClF4NO/c11-6-4-8-5(3-7(6)12)1-2-16(8)9(17)10(13,14)15/h1-4H.